The highest BCUT2D eigenvalue weighted by molar-refractivity contribution is 7.91. The molecule has 130 valence electrons. The summed E-state index contributed by atoms with van der Waals surface area (Å²) in [6, 6.07) is 6.16. The van der Waals surface area contributed by atoms with Gasteiger partial charge in [-0.1, -0.05) is 0 Å². The summed E-state index contributed by atoms with van der Waals surface area (Å²) in [5.41, 5.74) is 6.17. The van der Waals surface area contributed by atoms with Crippen LogP contribution in [0.25, 0.3) is 0 Å². The van der Waals surface area contributed by atoms with Crippen molar-refractivity contribution in [1.29, 1.82) is 0 Å². The molecular formula is C15H23ClN2O4S. The van der Waals surface area contributed by atoms with Gasteiger partial charge in [0.25, 0.3) is 5.91 Å². The van der Waals surface area contributed by atoms with E-state index >= 15 is 0 Å². The average Bonchev–Trinajstić information content (AvgIpc) is 3.01. The zero-order chi connectivity index (χ0) is 16.2. The minimum atomic E-state index is -3.37. The van der Waals surface area contributed by atoms with E-state index in [9.17, 15) is 13.2 Å². The molecule has 1 aromatic rings. The lowest BCUT2D eigenvalue weighted by atomic mass is 10.1. The second-order valence-electron chi connectivity index (χ2n) is 5.37. The second kappa shape index (κ2) is 8.63. The van der Waals surface area contributed by atoms with E-state index in [1.165, 1.54) is 19.2 Å². The summed E-state index contributed by atoms with van der Waals surface area (Å²) in [5.74, 6) is -0.160. The van der Waals surface area contributed by atoms with Crippen LogP contribution in [0.5, 0.6) is 0 Å². The van der Waals surface area contributed by atoms with Gasteiger partial charge in [0.05, 0.1) is 17.3 Å². The lowest BCUT2D eigenvalue weighted by molar-refractivity contribution is 0.0741. The molecule has 2 N–H and O–H groups in total. The highest BCUT2D eigenvalue weighted by Gasteiger charge is 2.28. The fourth-order valence-corrected chi connectivity index (χ4v) is 3.80. The highest BCUT2D eigenvalue weighted by Crippen LogP contribution is 2.20. The number of rotatable bonds is 6. The summed E-state index contributed by atoms with van der Waals surface area (Å²) in [6.45, 7) is 1.30. The lowest BCUT2D eigenvalue weighted by Crippen LogP contribution is -2.39. The molecule has 1 aromatic carbocycles. The van der Waals surface area contributed by atoms with E-state index in [-0.39, 0.29) is 41.6 Å². The first-order chi connectivity index (χ1) is 10.5. The summed E-state index contributed by atoms with van der Waals surface area (Å²) in [6.07, 6.45) is 1.88. The van der Waals surface area contributed by atoms with E-state index in [2.05, 4.69) is 0 Å². The number of ether oxygens (including phenoxy) is 1. The normalized spacial score (nSPS) is 17.8. The number of halogens is 1. The van der Waals surface area contributed by atoms with Crippen molar-refractivity contribution >= 4 is 28.2 Å². The minimum Gasteiger partial charge on any atom is -0.384 e. The number of benzene rings is 1. The van der Waals surface area contributed by atoms with Crippen molar-refractivity contribution in [2.75, 3.05) is 32.6 Å². The number of sulfone groups is 1. The molecule has 1 aliphatic rings. The van der Waals surface area contributed by atoms with E-state index in [4.69, 9.17) is 10.5 Å². The Bertz CT molecular complexity index is 619. The largest absolute Gasteiger partial charge is 0.384 e. The van der Waals surface area contributed by atoms with E-state index in [1.54, 1.807) is 17.0 Å². The van der Waals surface area contributed by atoms with Crippen LogP contribution in [0.3, 0.4) is 0 Å². The molecule has 1 unspecified atom stereocenters. The Morgan fingerprint density at radius 1 is 1.35 bits per heavy atom. The third kappa shape index (κ3) is 4.67. The SMILES string of the molecule is COCCS(=O)(=O)c1ccc(C(=O)N2CCCC2CN)cc1.Cl. The van der Waals surface area contributed by atoms with Crippen molar-refractivity contribution < 1.29 is 17.9 Å². The molecule has 0 aliphatic carbocycles. The molecule has 0 spiro atoms. The molecule has 1 saturated heterocycles. The van der Waals surface area contributed by atoms with Gasteiger partial charge in [-0.15, -0.1) is 12.4 Å². The first-order valence-electron chi connectivity index (χ1n) is 7.32. The van der Waals surface area contributed by atoms with Gasteiger partial charge in [0.1, 0.15) is 0 Å². The van der Waals surface area contributed by atoms with Crippen LogP contribution in [-0.2, 0) is 14.6 Å². The number of hydrogen-bond acceptors (Lipinski definition) is 5. The Hall–Kier alpha value is -1.15. The summed E-state index contributed by atoms with van der Waals surface area (Å²) in [7, 11) is -1.91. The van der Waals surface area contributed by atoms with Gasteiger partial charge in [0, 0.05) is 31.8 Å². The molecule has 0 bridgehead atoms. The fraction of sp³-hybridized carbons (Fsp3) is 0.533. The first kappa shape index (κ1) is 19.9. The number of likely N-dealkylation sites (tertiary alicyclic amines) is 1. The molecule has 23 heavy (non-hydrogen) atoms. The molecule has 1 atom stereocenters. The van der Waals surface area contributed by atoms with Gasteiger partial charge >= 0.3 is 0 Å². The molecule has 1 amide bonds. The van der Waals surface area contributed by atoms with Crippen LogP contribution in [-0.4, -0.2) is 57.8 Å². The third-order valence-corrected chi connectivity index (χ3v) is 5.62. The Morgan fingerprint density at radius 3 is 2.57 bits per heavy atom. The minimum absolute atomic E-state index is 0. The standard InChI is InChI=1S/C15H22N2O4S.ClH/c1-21-9-10-22(19,20)14-6-4-12(5-7-14)15(18)17-8-2-3-13(17)11-16;/h4-7,13H,2-3,8-11,16H2,1H3;1H. The molecule has 0 radical (unpaired) electrons. The van der Waals surface area contributed by atoms with Crippen molar-refractivity contribution in [3.05, 3.63) is 29.8 Å². The monoisotopic (exact) mass is 362 g/mol. The number of methoxy groups -OCH3 is 1. The molecule has 2 rings (SSSR count). The smallest absolute Gasteiger partial charge is 0.254 e. The zero-order valence-corrected chi connectivity index (χ0v) is 14.7. The number of nitrogens with zero attached hydrogens (tertiary/aromatic N) is 1. The number of amides is 1. The Morgan fingerprint density at radius 2 is 2.00 bits per heavy atom. The third-order valence-electron chi connectivity index (χ3n) is 3.93. The molecule has 1 fully saturated rings. The molecular weight excluding hydrogens is 340 g/mol. The topological polar surface area (TPSA) is 89.7 Å². The molecule has 0 saturated carbocycles. The highest BCUT2D eigenvalue weighted by atomic mass is 35.5. The van der Waals surface area contributed by atoms with E-state index in [0.717, 1.165) is 12.8 Å². The van der Waals surface area contributed by atoms with Gasteiger partial charge in [-0.05, 0) is 37.1 Å². The van der Waals surface area contributed by atoms with Crippen LogP contribution in [0, 0.1) is 0 Å². The van der Waals surface area contributed by atoms with Gasteiger partial charge in [0.15, 0.2) is 9.84 Å². The Labute approximate surface area is 143 Å². The van der Waals surface area contributed by atoms with Crippen molar-refractivity contribution in [3.63, 3.8) is 0 Å². The summed E-state index contributed by atoms with van der Waals surface area (Å²) >= 11 is 0. The van der Waals surface area contributed by atoms with Crippen LogP contribution in [0.15, 0.2) is 29.2 Å². The van der Waals surface area contributed by atoms with Crippen LogP contribution < -0.4 is 5.73 Å². The first-order valence-corrected chi connectivity index (χ1v) is 8.97. The molecule has 6 nitrogen and oxygen atoms in total. The van der Waals surface area contributed by atoms with Gasteiger partial charge in [-0.25, -0.2) is 8.42 Å². The van der Waals surface area contributed by atoms with E-state index in [0.29, 0.717) is 18.7 Å². The van der Waals surface area contributed by atoms with Crippen molar-refractivity contribution in [3.8, 4) is 0 Å². The summed E-state index contributed by atoms with van der Waals surface area (Å²) < 4.78 is 28.9. The lowest BCUT2D eigenvalue weighted by Gasteiger charge is -2.23. The average molecular weight is 363 g/mol. The van der Waals surface area contributed by atoms with E-state index < -0.39 is 9.84 Å². The van der Waals surface area contributed by atoms with Crippen molar-refractivity contribution in [2.45, 2.75) is 23.8 Å². The molecule has 1 heterocycles. The number of nitrogens with two attached hydrogens (primary N) is 1. The quantitative estimate of drug-likeness (QED) is 0.818. The van der Waals surface area contributed by atoms with Gasteiger partial charge in [-0.2, -0.15) is 0 Å². The fourth-order valence-electron chi connectivity index (χ4n) is 2.63. The van der Waals surface area contributed by atoms with E-state index in [1.807, 2.05) is 0 Å². The summed E-state index contributed by atoms with van der Waals surface area (Å²) in [4.78, 5) is 14.4. The zero-order valence-electron chi connectivity index (χ0n) is 13.1. The second-order valence-corrected chi connectivity index (χ2v) is 7.48. The number of carbonyl (C=O) groups is 1. The number of hydrogen-bond donors (Lipinski definition) is 1. The maximum Gasteiger partial charge on any atom is 0.254 e. The molecule has 0 aromatic heterocycles. The van der Waals surface area contributed by atoms with Crippen molar-refractivity contribution in [2.24, 2.45) is 5.73 Å². The summed E-state index contributed by atoms with van der Waals surface area (Å²) in [5, 5.41) is 0. The van der Waals surface area contributed by atoms with Gasteiger partial charge < -0.3 is 15.4 Å². The van der Waals surface area contributed by atoms with Crippen LogP contribution in [0.4, 0.5) is 0 Å². The molecule has 1 aliphatic heterocycles. The maximum atomic E-state index is 12.5. The number of carbonyl (C=O) groups excluding carboxylic acids is 1. The predicted molar refractivity (Wildman–Crippen MR) is 90.7 cm³/mol. The van der Waals surface area contributed by atoms with Crippen LogP contribution in [0.2, 0.25) is 0 Å². The predicted octanol–water partition coefficient (Wildman–Crippen LogP) is 1.09. The van der Waals surface area contributed by atoms with Gasteiger partial charge in [0.2, 0.25) is 0 Å². The van der Waals surface area contributed by atoms with Crippen LogP contribution >= 0.6 is 12.4 Å². The van der Waals surface area contributed by atoms with Crippen molar-refractivity contribution in [1.82, 2.24) is 4.90 Å². The van der Waals surface area contributed by atoms with Gasteiger partial charge in [-0.3, -0.25) is 4.79 Å². The van der Waals surface area contributed by atoms with Crippen LogP contribution in [0.1, 0.15) is 23.2 Å². The molecule has 8 heteroatoms. The Balaban J connectivity index is 0.00000264. The Kier molecular flexibility index (Phi) is 7.47. The maximum absolute atomic E-state index is 12.5.